The van der Waals surface area contributed by atoms with Crippen LogP contribution in [-0.4, -0.2) is 5.71 Å². The molecule has 11 heavy (non-hydrogen) atoms. The van der Waals surface area contributed by atoms with Gasteiger partial charge in [-0.15, -0.1) is 0 Å². The summed E-state index contributed by atoms with van der Waals surface area (Å²) in [5.74, 6) is 0. The fourth-order valence-electron chi connectivity index (χ4n) is 1.73. The molecule has 0 saturated carbocycles. The highest BCUT2D eigenvalue weighted by molar-refractivity contribution is 5.94. The van der Waals surface area contributed by atoms with E-state index < -0.39 is 0 Å². The summed E-state index contributed by atoms with van der Waals surface area (Å²) in [6.07, 6.45) is 4.07. The van der Waals surface area contributed by atoms with Crippen molar-refractivity contribution in [3.63, 3.8) is 0 Å². The molecule has 2 heteroatoms. The Morgan fingerprint density at radius 1 is 1.36 bits per heavy atom. The van der Waals surface area contributed by atoms with Gasteiger partial charge in [-0.1, -0.05) is 19.4 Å². The second-order valence-corrected chi connectivity index (χ2v) is 4.03. The summed E-state index contributed by atoms with van der Waals surface area (Å²) in [4.78, 5) is 0. The van der Waals surface area contributed by atoms with Gasteiger partial charge < -0.3 is 11.6 Å². The van der Waals surface area contributed by atoms with Gasteiger partial charge in [0.15, 0.2) is 0 Å². The summed E-state index contributed by atoms with van der Waals surface area (Å²) in [6.45, 7) is 6.55. The average molecular weight is 154 g/mol. The Kier molecular flexibility index (Phi) is 3.00. The molecule has 0 aromatic heterocycles. The maximum atomic E-state index is 7.50. The quantitative estimate of drug-likeness (QED) is 0.553. The lowest BCUT2D eigenvalue weighted by Gasteiger charge is -2.28. The number of nitrogens with one attached hydrogen (secondary N) is 1. The van der Waals surface area contributed by atoms with Crippen molar-refractivity contribution in [2.45, 2.75) is 33.6 Å². The first-order chi connectivity index (χ1) is 4.49. The highest BCUT2D eigenvalue weighted by Gasteiger charge is 2.23. The van der Waals surface area contributed by atoms with E-state index >= 15 is 0 Å². The molecule has 0 fully saturated rings. The van der Waals surface area contributed by atoms with Gasteiger partial charge >= 0.3 is 0 Å². The maximum Gasteiger partial charge on any atom is 0.0318 e. The van der Waals surface area contributed by atoms with E-state index in [1.807, 2.05) is 6.08 Å². The molecule has 0 saturated heterocycles. The van der Waals surface area contributed by atoms with Crippen LogP contribution in [0.25, 0.3) is 0 Å². The van der Waals surface area contributed by atoms with Crippen LogP contribution in [0.2, 0.25) is 0 Å². The lowest BCUT2D eigenvalue weighted by atomic mass is 9.77. The van der Waals surface area contributed by atoms with E-state index in [0.29, 0.717) is 5.41 Å². The molecule has 0 radical (unpaired) electrons. The first-order valence-electron chi connectivity index (χ1n) is 3.74. The summed E-state index contributed by atoms with van der Waals surface area (Å²) >= 11 is 0. The lowest BCUT2D eigenvalue weighted by Crippen LogP contribution is -2.20. The summed E-state index contributed by atoms with van der Waals surface area (Å²) < 4.78 is 0. The molecular formula is C9H18N2. The van der Waals surface area contributed by atoms with Crippen LogP contribution in [0.3, 0.4) is 0 Å². The molecule has 0 atom stereocenters. The third kappa shape index (κ3) is 2.85. The zero-order valence-electron chi connectivity index (χ0n) is 7.70. The Bertz CT molecular complexity index is 190. The van der Waals surface area contributed by atoms with E-state index in [4.69, 9.17) is 5.41 Å². The Morgan fingerprint density at radius 2 is 1.91 bits per heavy atom. The molecule has 1 rings (SSSR count). The minimum absolute atomic E-state index is 0. The first-order valence-corrected chi connectivity index (χ1v) is 3.74. The van der Waals surface area contributed by atoms with Crippen molar-refractivity contribution >= 4 is 5.71 Å². The topological polar surface area (TPSA) is 58.9 Å². The van der Waals surface area contributed by atoms with Crippen LogP contribution < -0.4 is 6.15 Å². The molecule has 0 aromatic rings. The molecule has 0 unspecified atom stereocenters. The summed E-state index contributed by atoms with van der Waals surface area (Å²) in [5, 5.41) is 7.50. The zero-order chi connectivity index (χ0) is 7.78. The lowest BCUT2D eigenvalue weighted by molar-refractivity contribution is 0.373. The van der Waals surface area contributed by atoms with E-state index in [9.17, 15) is 0 Å². The van der Waals surface area contributed by atoms with Crippen LogP contribution in [0.5, 0.6) is 0 Å². The summed E-state index contributed by atoms with van der Waals surface area (Å²) in [5.41, 5.74) is 2.46. The number of allylic oxidation sites excluding steroid dienone is 2. The number of rotatable bonds is 0. The van der Waals surface area contributed by atoms with Gasteiger partial charge in [0.2, 0.25) is 0 Å². The first kappa shape index (κ1) is 10.4. The Labute approximate surface area is 68.8 Å². The zero-order valence-corrected chi connectivity index (χ0v) is 7.70. The van der Waals surface area contributed by atoms with Crippen LogP contribution in [0.1, 0.15) is 33.6 Å². The molecule has 2 nitrogen and oxygen atoms in total. The average Bonchev–Trinajstić information content (AvgIpc) is 1.54. The largest absolute Gasteiger partial charge is 0.344 e. The molecule has 0 amide bonds. The highest BCUT2D eigenvalue weighted by Crippen LogP contribution is 2.33. The van der Waals surface area contributed by atoms with Gasteiger partial charge in [0, 0.05) is 5.71 Å². The Balaban J connectivity index is 0.000001000. The number of hydrogen-bond donors (Lipinski definition) is 2. The van der Waals surface area contributed by atoms with Crippen molar-refractivity contribution in [1.82, 2.24) is 6.15 Å². The van der Waals surface area contributed by atoms with Gasteiger partial charge in [-0.2, -0.15) is 0 Å². The fourth-order valence-corrected chi connectivity index (χ4v) is 1.73. The Hall–Kier alpha value is -0.630. The van der Waals surface area contributed by atoms with Crippen LogP contribution in [0.15, 0.2) is 11.6 Å². The molecule has 0 aromatic carbocycles. The van der Waals surface area contributed by atoms with Crippen LogP contribution >= 0.6 is 0 Å². The standard InChI is InChI=1S/C9H15N.H3N/c1-7-4-8(10)6-9(2,3)5-7;/h4,10H,5-6H2,1-3H3;1H3. The maximum absolute atomic E-state index is 7.50. The van der Waals surface area contributed by atoms with Gasteiger partial charge in [-0.25, -0.2) is 0 Å². The van der Waals surface area contributed by atoms with Crippen molar-refractivity contribution in [2.24, 2.45) is 5.41 Å². The fraction of sp³-hybridized carbons (Fsp3) is 0.667. The van der Waals surface area contributed by atoms with E-state index in [-0.39, 0.29) is 6.15 Å². The predicted octanol–water partition coefficient (Wildman–Crippen LogP) is 2.93. The van der Waals surface area contributed by atoms with Crippen molar-refractivity contribution < 1.29 is 0 Å². The van der Waals surface area contributed by atoms with Gasteiger partial charge in [0.05, 0.1) is 0 Å². The molecular weight excluding hydrogens is 136 g/mol. The molecule has 0 spiro atoms. The molecule has 0 aliphatic heterocycles. The molecule has 4 N–H and O–H groups in total. The van der Waals surface area contributed by atoms with Crippen molar-refractivity contribution in [2.75, 3.05) is 0 Å². The smallest absolute Gasteiger partial charge is 0.0318 e. The van der Waals surface area contributed by atoms with Gasteiger partial charge in [0.25, 0.3) is 0 Å². The Morgan fingerprint density at radius 3 is 2.27 bits per heavy atom. The molecule has 1 aliphatic rings. The molecule has 64 valence electrons. The van der Waals surface area contributed by atoms with Crippen LogP contribution in [0, 0.1) is 10.8 Å². The summed E-state index contributed by atoms with van der Waals surface area (Å²) in [6, 6.07) is 0. The van der Waals surface area contributed by atoms with E-state index in [0.717, 1.165) is 18.6 Å². The second-order valence-electron chi connectivity index (χ2n) is 4.03. The SMILES string of the molecule is CC1=CC(=N)CC(C)(C)C1.N. The monoisotopic (exact) mass is 154 g/mol. The second kappa shape index (κ2) is 3.18. The van der Waals surface area contributed by atoms with Crippen LogP contribution in [0.4, 0.5) is 0 Å². The molecule has 0 heterocycles. The third-order valence-electron chi connectivity index (χ3n) is 1.85. The molecule has 1 aliphatic carbocycles. The van der Waals surface area contributed by atoms with E-state index in [2.05, 4.69) is 20.8 Å². The van der Waals surface area contributed by atoms with Gasteiger partial charge in [0.1, 0.15) is 0 Å². The van der Waals surface area contributed by atoms with Crippen LogP contribution in [-0.2, 0) is 0 Å². The summed E-state index contributed by atoms with van der Waals surface area (Å²) in [7, 11) is 0. The van der Waals surface area contributed by atoms with Crippen molar-refractivity contribution in [1.29, 1.82) is 5.41 Å². The third-order valence-corrected chi connectivity index (χ3v) is 1.85. The highest BCUT2D eigenvalue weighted by atomic mass is 14.4. The van der Waals surface area contributed by atoms with Gasteiger partial charge in [-0.05, 0) is 31.3 Å². The normalized spacial score (nSPS) is 22.1. The van der Waals surface area contributed by atoms with E-state index in [1.165, 1.54) is 5.57 Å². The number of hydrogen-bond acceptors (Lipinski definition) is 2. The minimum Gasteiger partial charge on any atom is -0.344 e. The van der Waals surface area contributed by atoms with Crippen molar-refractivity contribution in [3.8, 4) is 0 Å². The van der Waals surface area contributed by atoms with Crippen molar-refractivity contribution in [3.05, 3.63) is 11.6 Å². The predicted molar refractivity (Wildman–Crippen MR) is 49.5 cm³/mol. The minimum atomic E-state index is 0. The van der Waals surface area contributed by atoms with E-state index in [1.54, 1.807) is 0 Å². The van der Waals surface area contributed by atoms with Gasteiger partial charge in [-0.3, -0.25) is 0 Å². The molecule has 0 bridgehead atoms.